The minimum Gasteiger partial charge on any atom is -0.465 e. The Kier molecular flexibility index (Phi) is 8.71. The number of hydrogen-bond donors (Lipinski definition) is 3. The molecule has 0 unspecified atom stereocenters. The molecule has 134 valence electrons. The SMILES string of the molecule is COC(=O)c1ccc(CN/C=C(/C#N)C(=O)N(CCO)CCO)cc1. The Balaban J connectivity index is 2.69. The van der Waals surface area contributed by atoms with Crippen molar-refractivity contribution in [1.82, 2.24) is 10.2 Å². The summed E-state index contributed by atoms with van der Waals surface area (Å²) in [7, 11) is 1.31. The Morgan fingerprint density at radius 3 is 2.32 bits per heavy atom. The number of carbonyl (C=O) groups excluding carboxylic acids is 2. The van der Waals surface area contributed by atoms with Gasteiger partial charge in [-0.3, -0.25) is 4.79 Å². The van der Waals surface area contributed by atoms with Gasteiger partial charge < -0.3 is 25.2 Å². The van der Waals surface area contributed by atoms with Crippen LogP contribution in [0.4, 0.5) is 0 Å². The molecule has 0 aliphatic carbocycles. The molecular formula is C17H21N3O5. The molecule has 0 spiro atoms. The van der Waals surface area contributed by atoms with Crippen molar-refractivity contribution in [3.05, 3.63) is 47.2 Å². The van der Waals surface area contributed by atoms with Gasteiger partial charge in [0.05, 0.1) is 25.9 Å². The van der Waals surface area contributed by atoms with Crippen LogP contribution in [0.25, 0.3) is 0 Å². The molecule has 8 nitrogen and oxygen atoms in total. The molecule has 0 atom stereocenters. The fourth-order valence-corrected chi connectivity index (χ4v) is 2.02. The van der Waals surface area contributed by atoms with Gasteiger partial charge in [0.25, 0.3) is 5.91 Å². The number of hydrogen-bond acceptors (Lipinski definition) is 7. The molecule has 8 heteroatoms. The zero-order valence-electron chi connectivity index (χ0n) is 13.9. The van der Waals surface area contributed by atoms with Crippen molar-refractivity contribution in [1.29, 1.82) is 5.26 Å². The average molecular weight is 347 g/mol. The summed E-state index contributed by atoms with van der Waals surface area (Å²) in [6.45, 7) is -0.102. The largest absolute Gasteiger partial charge is 0.465 e. The molecule has 0 radical (unpaired) electrons. The lowest BCUT2D eigenvalue weighted by Crippen LogP contribution is -2.37. The van der Waals surface area contributed by atoms with Crippen LogP contribution >= 0.6 is 0 Å². The van der Waals surface area contributed by atoms with Crippen molar-refractivity contribution in [3.63, 3.8) is 0 Å². The van der Waals surface area contributed by atoms with Crippen LogP contribution in [0.2, 0.25) is 0 Å². The smallest absolute Gasteiger partial charge is 0.337 e. The lowest BCUT2D eigenvalue weighted by molar-refractivity contribution is -0.127. The number of rotatable bonds is 9. The molecule has 0 aromatic heterocycles. The maximum Gasteiger partial charge on any atom is 0.337 e. The van der Waals surface area contributed by atoms with Crippen molar-refractivity contribution in [2.45, 2.75) is 6.54 Å². The molecule has 0 bridgehead atoms. The Bertz CT molecular complexity index is 643. The second kappa shape index (κ2) is 10.8. The highest BCUT2D eigenvalue weighted by Crippen LogP contribution is 2.06. The minimum atomic E-state index is -0.570. The molecule has 0 saturated heterocycles. The minimum absolute atomic E-state index is 0.0351. The molecule has 1 aromatic carbocycles. The predicted octanol–water partition coefficient (Wildman–Crippen LogP) is -0.217. The Hall–Kier alpha value is -2.89. The molecule has 3 N–H and O–H groups in total. The Morgan fingerprint density at radius 1 is 1.24 bits per heavy atom. The van der Waals surface area contributed by atoms with Gasteiger partial charge in [0, 0.05) is 25.8 Å². The van der Waals surface area contributed by atoms with E-state index < -0.39 is 11.9 Å². The van der Waals surface area contributed by atoms with Crippen molar-refractivity contribution in [3.8, 4) is 6.07 Å². The summed E-state index contributed by atoms with van der Waals surface area (Å²) < 4.78 is 4.61. The second-order valence-corrected chi connectivity index (χ2v) is 4.98. The molecular weight excluding hydrogens is 326 g/mol. The Labute approximate surface area is 145 Å². The number of ether oxygens (including phenoxy) is 1. The zero-order chi connectivity index (χ0) is 18.7. The first kappa shape index (κ1) is 20.2. The number of nitrogens with zero attached hydrogens (tertiary/aromatic N) is 2. The van der Waals surface area contributed by atoms with Crippen LogP contribution in [0, 0.1) is 11.3 Å². The van der Waals surface area contributed by atoms with Gasteiger partial charge in [-0.05, 0) is 17.7 Å². The first-order chi connectivity index (χ1) is 12.1. The van der Waals surface area contributed by atoms with Crippen LogP contribution in [0.5, 0.6) is 0 Å². The van der Waals surface area contributed by atoms with Crippen molar-refractivity contribution < 1.29 is 24.5 Å². The fraction of sp³-hybridized carbons (Fsp3) is 0.353. The van der Waals surface area contributed by atoms with Crippen LogP contribution in [0.3, 0.4) is 0 Å². The normalized spacial score (nSPS) is 10.7. The number of benzene rings is 1. The van der Waals surface area contributed by atoms with E-state index in [0.717, 1.165) is 5.56 Å². The molecule has 1 amide bonds. The predicted molar refractivity (Wildman–Crippen MR) is 89.1 cm³/mol. The van der Waals surface area contributed by atoms with E-state index in [0.29, 0.717) is 12.1 Å². The number of amides is 1. The highest BCUT2D eigenvalue weighted by Gasteiger charge is 2.17. The van der Waals surface area contributed by atoms with E-state index in [1.807, 2.05) is 0 Å². The topological polar surface area (TPSA) is 123 Å². The highest BCUT2D eigenvalue weighted by atomic mass is 16.5. The third-order valence-corrected chi connectivity index (χ3v) is 3.31. The Morgan fingerprint density at radius 2 is 1.84 bits per heavy atom. The molecule has 1 aromatic rings. The van der Waals surface area contributed by atoms with Crippen molar-refractivity contribution in [2.24, 2.45) is 0 Å². The number of esters is 1. The second-order valence-electron chi connectivity index (χ2n) is 4.98. The van der Waals surface area contributed by atoms with Crippen molar-refractivity contribution in [2.75, 3.05) is 33.4 Å². The lowest BCUT2D eigenvalue weighted by atomic mass is 10.1. The number of methoxy groups -OCH3 is 1. The van der Waals surface area contributed by atoms with Gasteiger partial charge >= 0.3 is 5.97 Å². The van der Waals surface area contributed by atoms with Gasteiger partial charge in [-0.15, -0.1) is 0 Å². The van der Waals surface area contributed by atoms with E-state index in [9.17, 15) is 9.59 Å². The first-order valence-electron chi connectivity index (χ1n) is 7.59. The summed E-state index contributed by atoms with van der Waals surface area (Å²) in [6.07, 6.45) is 1.29. The van der Waals surface area contributed by atoms with E-state index in [-0.39, 0.29) is 31.9 Å². The van der Waals surface area contributed by atoms with Crippen LogP contribution in [-0.4, -0.2) is 60.4 Å². The monoisotopic (exact) mass is 347 g/mol. The number of carbonyl (C=O) groups is 2. The highest BCUT2D eigenvalue weighted by molar-refractivity contribution is 5.97. The summed E-state index contributed by atoms with van der Waals surface area (Å²) in [5.41, 5.74) is 1.14. The summed E-state index contributed by atoms with van der Waals surface area (Å²) in [5.74, 6) is -0.997. The summed E-state index contributed by atoms with van der Waals surface area (Å²) in [5, 5.41) is 29.9. The number of aliphatic hydroxyl groups excluding tert-OH is 2. The van der Waals surface area contributed by atoms with E-state index in [1.54, 1.807) is 30.3 Å². The van der Waals surface area contributed by atoms with Crippen LogP contribution in [-0.2, 0) is 16.1 Å². The van der Waals surface area contributed by atoms with Gasteiger partial charge in [0.2, 0.25) is 0 Å². The zero-order valence-corrected chi connectivity index (χ0v) is 13.9. The molecule has 0 heterocycles. The maximum atomic E-state index is 12.2. The quantitative estimate of drug-likeness (QED) is 0.321. The lowest BCUT2D eigenvalue weighted by Gasteiger charge is -2.20. The number of nitriles is 1. The number of aliphatic hydroxyl groups is 2. The molecule has 0 aliphatic heterocycles. The summed E-state index contributed by atoms with van der Waals surface area (Å²) >= 11 is 0. The van der Waals surface area contributed by atoms with Gasteiger partial charge in [-0.25, -0.2) is 4.79 Å². The van der Waals surface area contributed by atoms with Crippen LogP contribution < -0.4 is 5.32 Å². The van der Waals surface area contributed by atoms with E-state index in [4.69, 9.17) is 15.5 Å². The maximum absolute atomic E-state index is 12.2. The third-order valence-electron chi connectivity index (χ3n) is 3.31. The summed E-state index contributed by atoms with van der Waals surface area (Å²) in [4.78, 5) is 24.7. The van der Waals surface area contributed by atoms with Crippen LogP contribution in [0.15, 0.2) is 36.0 Å². The molecule has 25 heavy (non-hydrogen) atoms. The summed E-state index contributed by atoms with van der Waals surface area (Å²) in [6, 6.07) is 8.49. The molecule has 0 saturated carbocycles. The van der Waals surface area contributed by atoms with E-state index in [1.165, 1.54) is 18.2 Å². The fourth-order valence-electron chi connectivity index (χ4n) is 2.02. The van der Waals surface area contributed by atoms with E-state index >= 15 is 0 Å². The van der Waals surface area contributed by atoms with Gasteiger partial charge in [0.15, 0.2) is 0 Å². The molecule has 0 fully saturated rings. The van der Waals surface area contributed by atoms with E-state index in [2.05, 4.69) is 10.1 Å². The molecule has 0 aliphatic rings. The average Bonchev–Trinajstić information content (AvgIpc) is 2.64. The first-order valence-corrected chi connectivity index (χ1v) is 7.59. The van der Waals surface area contributed by atoms with Gasteiger partial charge in [-0.2, -0.15) is 5.26 Å². The van der Waals surface area contributed by atoms with Crippen LogP contribution in [0.1, 0.15) is 15.9 Å². The van der Waals surface area contributed by atoms with Gasteiger partial charge in [0.1, 0.15) is 11.6 Å². The standard InChI is InChI=1S/C17H21N3O5/c1-25-17(24)14-4-2-13(3-5-14)11-19-12-15(10-18)16(23)20(6-8-21)7-9-22/h2-5,12,19,21-22H,6-9,11H2,1H3/b15-12-. The number of nitrogens with one attached hydrogen (secondary N) is 1. The van der Waals surface area contributed by atoms with Crippen molar-refractivity contribution >= 4 is 11.9 Å². The molecule has 1 rings (SSSR count). The third kappa shape index (κ3) is 6.25. The van der Waals surface area contributed by atoms with Gasteiger partial charge in [-0.1, -0.05) is 12.1 Å².